The second kappa shape index (κ2) is 10.0. The summed E-state index contributed by atoms with van der Waals surface area (Å²) in [5.41, 5.74) is 5.06. The molecule has 0 spiro atoms. The Morgan fingerprint density at radius 2 is 1.79 bits per heavy atom. The first-order valence-corrected chi connectivity index (χ1v) is 10.6. The van der Waals surface area contributed by atoms with Crippen LogP contribution in [0.4, 0.5) is 4.39 Å². The highest BCUT2D eigenvalue weighted by atomic mass is 19.1. The number of carbonyl (C=O) groups is 2. The van der Waals surface area contributed by atoms with Gasteiger partial charge in [0.1, 0.15) is 5.82 Å². The molecule has 0 fully saturated rings. The average molecular weight is 464 g/mol. The van der Waals surface area contributed by atoms with Crippen molar-refractivity contribution in [3.63, 3.8) is 0 Å². The number of hydrazine groups is 1. The molecule has 0 atom stereocenters. The summed E-state index contributed by atoms with van der Waals surface area (Å²) >= 11 is 0. The highest BCUT2D eigenvalue weighted by Gasteiger charge is 2.17. The van der Waals surface area contributed by atoms with Crippen LogP contribution in [0.3, 0.4) is 0 Å². The van der Waals surface area contributed by atoms with Crippen LogP contribution < -0.4 is 16.4 Å². The third-order valence-electron chi connectivity index (χ3n) is 5.06. The SMILES string of the molecule is CCn1nc(C(=O)NNC(=O)CCCc2nc(-c3ccc(F)cc3)no2)c2ccccc2c1=O. The topological polar surface area (TPSA) is 132 Å². The van der Waals surface area contributed by atoms with Gasteiger partial charge in [-0.1, -0.05) is 23.4 Å². The van der Waals surface area contributed by atoms with Crippen molar-refractivity contribution >= 4 is 22.6 Å². The fourth-order valence-corrected chi connectivity index (χ4v) is 3.34. The van der Waals surface area contributed by atoms with Gasteiger partial charge in [-0.15, -0.1) is 0 Å². The van der Waals surface area contributed by atoms with Crippen LogP contribution >= 0.6 is 0 Å². The van der Waals surface area contributed by atoms with E-state index in [2.05, 4.69) is 26.1 Å². The van der Waals surface area contributed by atoms with E-state index in [1.54, 1.807) is 43.3 Å². The Bertz CT molecular complexity index is 1400. The van der Waals surface area contributed by atoms with E-state index in [4.69, 9.17) is 4.52 Å². The van der Waals surface area contributed by atoms with E-state index in [0.29, 0.717) is 47.4 Å². The molecule has 0 saturated carbocycles. The zero-order valence-corrected chi connectivity index (χ0v) is 18.2. The van der Waals surface area contributed by atoms with Crippen molar-refractivity contribution in [3.05, 3.63) is 76.3 Å². The molecule has 0 saturated heterocycles. The molecule has 0 aliphatic carbocycles. The number of nitrogens with zero attached hydrogens (tertiary/aromatic N) is 4. The molecule has 2 N–H and O–H groups in total. The van der Waals surface area contributed by atoms with Crippen LogP contribution in [-0.2, 0) is 17.8 Å². The quantitative estimate of drug-likeness (QED) is 0.401. The molecule has 34 heavy (non-hydrogen) atoms. The molecule has 0 bridgehead atoms. The molecule has 2 heterocycles. The molecule has 2 amide bonds. The normalized spacial score (nSPS) is 10.9. The lowest BCUT2D eigenvalue weighted by Crippen LogP contribution is -2.42. The lowest BCUT2D eigenvalue weighted by atomic mass is 10.1. The molecule has 174 valence electrons. The maximum absolute atomic E-state index is 13.0. The molecule has 0 radical (unpaired) electrons. The first-order valence-electron chi connectivity index (χ1n) is 10.6. The number of aromatic nitrogens is 4. The van der Waals surface area contributed by atoms with Gasteiger partial charge >= 0.3 is 0 Å². The molecule has 4 rings (SSSR count). The minimum Gasteiger partial charge on any atom is -0.339 e. The number of carbonyl (C=O) groups excluding carboxylic acids is 2. The van der Waals surface area contributed by atoms with Crippen molar-refractivity contribution in [2.75, 3.05) is 0 Å². The van der Waals surface area contributed by atoms with Gasteiger partial charge in [-0.2, -0.15) is 10.1 Å². The maximum Gasteiger partial charge on any atom is 0.290 e. The Hall–Kier alpha value is -4.41. The van der Waals surface area contributed by atoms with Gasteiger partial charge in [0.2, 0.25) is 17.6 Å². The summed E-state index contributed by atoms with van der Waals surface area (Å²) in [5, 5.41) is 8.75. The van der Waals surface area contributed by atoms with Crippen LogP contribution in [0.5, 0.6) is 0 Å². The summed E-state index contributed by atoms with van der Waals surface area (Å²) in [7, 11) is 0. The molecule has 2 aromatic heterocycles. The number of hydrogen-bond donors (Lipinski definition) is 2. The Morgan fingerprint density at radius 1 is 1.06 bits per heavy atom. The lowest BCUT2D eigenvalue weighted by molar-refractivity contribution is -0.121. The predicted molar refractivity (Wildman–Crippen MR) is 120 cm³/mol. The molecule has 0 aliphatic rings. The Morgan fingerprint density at radius 3 is 2.53 bits per heavy atom. The van der Waals surface area contributed by atoms with Crippen LogP contribution in [0.2, 0.25) is 0 Å². The second-order valence-electron chi connectivity index (χ2n) is 7.39. The van der Waals surface area contributed by atoms with Crippen LogP contribution in [0.15, 0.2) is 57.8 Å². The molecule has 4 aromatic rings. The standard InChI is InChI=1S/C23H21FN6O4/c1-2-30-23(33)17-7-4-3-6-16(17)20(28-30)22(32)27-26-18(31)8-5-9-19-25-21(29-34-19)14-10-12-15(24)13-11-14/h3-4,6-7,10-13H,2,5,8-9H2,1H3,(H,26,31)(H,27,32). The fourth-order valence-electron chi connectivity index (χ4n) is 3.34. The van der Waals surface area contributed by atoms with E-state index in [1.807, 2.05) is 0 Å². The summed E-state index contributed by atoms with van der Waals surface area (Å²) < 4.78 is 19.4. The van der Waals surface area contributed by atoms with Crippen molar-refractivity contribution in [1.82, 2.24) is 30.8 Å². The third-order valence-corrected chi connectivity index (χ3v) is 5.06. The first kappa shape index (κ1) is 22.8. The van der Waals surface area contributed by atoms with Crippen molar-refractivity contribution in [2.45, 2.75) is 32.7 Å². The summed E-state index contributed by atoms with van der Waals surface area (Å²) in [6.07, 6.45) is 0.842. The number of aryl methyl sites for hydroxylation is 2. The zero-order valence-electron chi connectivity index (χ0n) is 18.2. The van der Waals surface area contributed by atoms with Gasteiger partial charge in [-0.3, -0.25) is 25.2 Å². The number of fused-ring (bicyclic) bond motifs is 1. The molecular formula is C23H21FN6O4. The van der Waals surface area contributed by atoms with Gasteiger partial charge < -0.3 is 4.52 Å². The molecule has 2 aromatic carbocycles. The molecule has 0 aliphatic heterocycles. The van der Waals surface area contributed by atoms with Gasteiger partial charge in [0.25, 0.3) is 11.5 Å². The largest absolute Gasteiger partial charge is 0.339 e. The molecule has 11 heteroatoms. The van der Waals surface area contributed by atoms with E-state index in [-0.39, 0.29) is 23.5 Å². The Balaban J connectivity index is 1.31. The number of rotatable bonds is 7. The maximum atomic E-state index is 13.0. The minimum absolute atomic E-state index is 0.0385. The Kier molecular flexibility index (Phi) is 6.72. The third kappa shape index (κ3) is 4.98. The number of nitrogens with one attached hydrogen (secondary N) is 2. The second-order valence-corrected chi connectivity index (χ2v) is 7.39. The van der Waals surface area contributed by atoms with Crippen LogP contribution in [0.25, 0.3) is 22.2 Å². The van der Waals surface area contributed by atoms with Crippen LogP contribution in [0, 0.1) is 5.82 Å². The van der Waals surface area contributed by atoms with Gasteiger partial charge in [0, 0.05) is 30.3 Å². The lowest BCUT2D eigenvalue weighted by Gasteiger charge is -2.10. The van der Waals surface area contributed by atoms with Crippen LogP contribution in [0.1, 0.15) is 36.1 Å². The highest BCUT2D eigenvalue weighted by molar-refractivity contribution is 6.05. The van der Waals surface area contributed by atoms with Crippen LogP contribution in [-0.4, -0.2) is 31.7 Å². The van der Waals surface area contributed by atoms with Gasteiger partial charge in [-0.05, 0) is 43.7 Å². The van der Waals surface area contributed by atoms with Gasteiger partial charge in [0.15, 0.2) is 5.69 Å². The molecular weight excluding hydrogens is 443 g/mol. The van der Waals surface area contributed by atoms with E-state index >= 15 is 0 Å². The predicted octanol–water partition coefficient (Wildman–Crippen LogP) is 2.39. The molecule has 0 unspecified atom stereocenters. The number of benzene rings is 2. The summed E-state index contributed by atoms with van der Waals surface area (Å²) in [5.74, 6) is -0.734. The average Bonchev–Trinajstić information content (AvgIpc) is 3.32. The van der Waals surface area contributed by atoms with Crippen molar-refractivity contribution in [1.29, 1.82) is 0 Å². The minimum atomic E-state index is -0.632. The number of halogens is 1. The van der Waals surface area contributed by atoms with Gasteiger partial charge in [-0.25, -0.2) is 9.07 Å². The zero-order chi connectivity index (χ0) is 24.1. The first-order chi connectivity index (χ1) is 16.5. The van der Waals surface area contributed by atoms with Crippen molar-refractivity contribution in [3.8, 4) is 11.4 Å². The fraction of sp³-hybridized carbons (Fsp3) is 0.217. The summed E-state index contributed by atoms with van der Waals surface area (Å²) in [6.45, 7) is 2.05. The van der Waals surface area contributed by atoms with Crippen molar-refractivity contribution < 1.29 is 18.5 Å². The molecule has 10 nitrogen and oxygen atoms in total. The van der Waals surface area contributed by atoms with Crippen molar-refractivity contribution in [2.24, 2.45) is 0 Å². The van der Waals surface area contributed by atoms with E-state index in [0.717, 1.165) is 0 Å². The van der Waals surface area contributed by atoms with E-state index in [9.17, 15) is 18.8 Å². The number of amides is 2. The van der Waals surface area contributed by atoms with Gasteiger partial charge in [0.05, 0.1) is 5.39 Å². The van der Waals surface area contributed by atoms with E-state index in [1.165, 1.54) is 16.8 Å². The highest BCUT2D eigenvalue weighted by Crippen LogP contribution is 2.17. The Labute approximate surface area is 192 Å². The van der Waals surface area contributed by atoms with E-state index < -0.39 is 11.8 Å². The summed E-state index contributed by atoms with van der Waals surface area (Å²) in [6, 6.07) is 12.4. The monoisotopic (exact) mass is 464 g/mol. The summed E-state index contributed by atoms with van der Waals surface area (Å²) in [4.78, 5) is 41.4. The number of hydrogen-bond acceptors (Lipinski definition) is 7. The smallest absolute Gasteiger partial charge is 0.290 e.